The van der Waals surface area contributed by atoms with Crippen molar-refractivity contribution in [2.75, 3.05) is 26.7 Å². The van der Waals surface area contributed by atoms with E-state index < -0.39 is 18.2 Å². The molecule has 0 saturated carbocycles. The molecule has 3 rings (SSSR count). The van der Waals surface area contributed by atoms with Crippen molar-refractivity contribution in [3.05, 3.63) is 88.1 Å². The number of aryl methyl sites for hydroxylation is 1. The molecule has 0 fully saturated rings. The zero-order valence-electron chi connectivity index (χ0n) is 19.9. The third-order valence-electron chi connectivity index (χ3n) is 6.23. The lowest BCUT2D eigenvalue weighted by atomic mass is 9.86. The summed E-state index contributed by atoms with van der Waals surface area (Å²) in [6, 6.07) is 9.18. The van der Waals surface area contributed by atoms with Crippen LogP contribution >= 0.6 is 23.2 Å². The molecule has 0 N–H and O–H groups in total. The quantitative estimate of drug-likeness (QED) is 0.345. The highest BCUT2D eigenvalue weighted by atomic mass is 35.5. The van der Waals surface area contributed by atoms with E-state index in [1.54, 1.807) is 18.3 Å². The lowest BCUT2D eigenvalue weighted by Gasteiger charge is -2.29. The molecule has 0 aliphatic carbocycles. The van der Waals surface area contributed by atoms with Gasteiger partial charge in [0, 0.05) is 60.0 Å². The second-order valence-electron chi connectivity index (χ2n) is 8.50. The number of hydrogen-bond acceptors (Lipinski definition) is 4. The number of benzene rings is 2. The molecule has 2 aromatic carbocycles. The van der Waals surface area contributed by atoms with Crippen LogP contribution in [0, 0.1) is 6.92 Å². The normalized spacial score (nSPS) is 17.5. The van der Waals surface area contributed by atoms with Crippen molar-refractivity contribution in [1.29, 1.82) is 0 Å². The van der Waals surface area contributed by atoms with Gasteiger partial charge in [0.15, 0.2) is 0 Å². The lowest BCUT2D eigenvalue weighted by Crippen LogP contribution is -2.42. The average Bonchev–Trinajstić information content (AvgIpc) is 3.25. The fourth-order valence-corrected chi connectivity index (χ4v) is 4.54. The highest BCUT2D eigenvalue weighted by Crippen LogP contribution is 2.49. The predicted octanol–water partition coefficient (Wildman–Crippen LogP) is 7.25. The third kappa shape index (κ3) is 5.62. The Labute approximate surface area is 214 Å². The molecule has 9 heteroatoms. The minimum absolute atomic E-state index is 0.0890. The molecule has 0 amide bonds. The van der Waals surface area contributed by atoms with Gasteiger partial charge in [-0.15, -0.1) is 0 Å². The fourth-order valence-electron chi connectivity index (χ4n) is 4.01. The first-order valence-electron chi connectivity index (χ1n) is 11.1. The molecule has 4 nitrogen and oxygen atoms in total. The summed E-state index contributed by atoms with van der Waals surface area (Å²) in [4.78, 5) is 9.25. The lowest BCUT2D eigenvalue weighted by molar-refractivity contribution is -0.275. The number of oxime groups is 1. The van der Waals surface area contributed by atoms with Gasteiger partial charge < -0.3 is 14.6 Å². The molecule has 0 bridgehead atoms. The van der Waals surface area contributed by atoms with Crippen LogP contribution in [0.15, 0.2) is 60.9 Å². The van der Waals surface area contributed by atoms with Crippen LogP contribution in [0.2, 0.25) is 10.0 Å². The van der Waals surface area contributed by atoms with Crippen LogP contribution in [0.25, 0.3) is 5.70 Å². The minimum Gasteiger partial charge on any atom is -0.376 e. The van der Waals surface area contributed by atoms with Gasteiger partial charge in [0.1, 0.15) is 0 Å². The van der Waals surface area contributed by atoms with Gasteiger partial charge in [0.25, 0.3) is 5.60 Å². The molecule has 2 aromatic rings. The maximum Gasteiger partial charge on any atom is 0.435 e. The zero-order chi connectivity index (χ0) is 26.0. The van der Waals surface area contributed by atoms with Crippen LogP contribution in [0.5, 0.6) is 0 Å². The van der Waals surface area contributed by atoms with E-state index in [0.717, 1.165) is 36.5 Å². The standard InChI is InChI=1S/C26H28Cl2F3N3O/c1-6-34(7-2)11-10-33(5)18(4)23-9-8-19(12-17(23)3)24-16-25(35-32-24,26(29,30)31)20-13-21(27)15-22(28)14-20/h6,8-9,12-15H,1,4,7,10-11,16H2,2-3,5H3. The molecule has 0 saturated heterocycles. The number of nitrogens with zero attached hydrogens (tertiary/aromatic N) is 3. The highest BCUT2D eigenvalue weighted by molar-refractivity contribution is 6.34. The first kappa shape index (κ1) is 27.0. The molecule has 1 aliphatic heterocycles. The van der Waals surface area contributed by atoms with Gasteiger partial charge in [-0.25, -0.2) is 0 Å². The number of rotatable bonds is 9. The number of halogens is 5. The van der Waals surface area contributed by atoms with E-state index in [-0.39, 0.29) is 21.3 Å². The van der Waals surface area contributed by atoms with Crippen LogP contribution < -0.4 is 0 Å². The molecular formula is C26H28Cl2F3N3O. The summed E-state index contributed by atoms with van der Waals surface area (Å²) < 4.78 is 42.8. The maximum absolute atomic E-state index is 14.3. The number of hydrogen-bond donors (Lipinski definition) is 0. The Bertz CT molecular complexity index is 1130. The molecule has 188 valence electrons. The summed E-state index contributed by atoms with van der Waals surface area (Å²) in [5, 5.41) is 4.02. The highest BCUT2D eigenvalue weighted by Gasteiger charge is 2.62. The number of alkyl halides is 3. The van der Waals surface area contributed by atoms with E-state index in [4.69, 9.17) is 28.0 Å². The summed E-state index contributed by atoms with van der Waals surface area (Å²) >= 11 is 12.0. The van der Waals surface area contributed by atoms with Crippen LogP contribution in [-0.4, -0.2) is 48.4 Å². The van der Waals surface area contributed by atoms with E-state index >= 15 is 0 Å². The van der Waals surface area contributed by atoms with Crippen molar-refractivity contribution in [3.63, 3.8) is 0 Å². The van der Waals surface area contributed by atoms with Crippen molar-refractivity contribution >= 4 is 34.6 Å². The number of likely N-dealkylation sites (N-methyl/N-ethyl adjacent to an activating group) is 2. The van der Waals surface area contributed by atoms with Crippen LogP contribution in [0.3, 0.4) is 0 Å². The van der Waals surface area contributed by atoms with E-state index in [1.165, 1.54) is 18.2 Å². The molecule has 1 heterocycles. The summed E-state index contributed by atoms with van der Waals surface area (Å²) in [7, 11) is 1.95. The summed E-state index contributed by atoms with van der Waals surface area (Å²) in [5.74, 6) is 0. The van der Waals surface area contributed by atoms with Crippen molar-refractivity contribution in [2.45, 2.75) is 32.0 Å². The molecule has 0 spiro atoms. The topological polar surface area (TPSA) is 28.1 Å². The third-order valence-corrected chi connectivity index (χ3v) is 6.67. The molecule has 1 atom stereocenters. The Balaban J connectivity index is 1.83. The average molecular weight is 526 g/mol. The molecule has 1 aliphatic rings. The second-order valence-corrected chi connectivity index (χ2v) is 9.37. The van der Waals surface area contributed by atoms with Gasteiger partial charge >= 0.3 is 6.18 Å². The van der Waals surface area contributed by atoms with Gasteiger partial charge in [-0.3, -0.25) is 0 Å². The smallest absolute Gasteiger partial charge is 0.376 e. The fraction of sp³-hybridized carbons (Fsp3) is 0.346. The molecular weight excluding hydrogens is 498 g/mol. The van der Waals surface area contributed by atoms with E-state index in [0.29, 0.717) is 5.56 Å². The van der Waals surface area contributed by atoms with E-state index in [1.807, 2.05) is 24.9 Å². The van der Waals surface area contributed by atoms with Crippen LogP contribution in [0.4, 0.5) is 13.2 Å². The minimum atomic E-state index is -4.74. The van der Waals surface area contributed by atoms with E-state index in [2.05, 4.69) is 30.1 Å². The van der Waals surface area contributed by atoms with Crippen molar-refractivity contribution in [3.8, 4) is 0 Å². The Morgan fingerprint density at radius 2 is 1.83 bits per heavy atom. The molecule has 35 heavy (non-hydrogen) atoms. The Kier molecular flexibility index (Phi) is 8.12. The predicted molar refractivity (Wildman–Crippen MR) is 137 cm³/mol. The van der Waals surface area contributed by atoms with Crippen LogP contribution in [-0.2, 0) is 10.4 Å². The van der Waals surface area contributed by atoms with Gasteiger partial charge in [-0.2, -0.15) is 13.2 Å². The van der Waals surface area contributed by atoms with Crippen molar-refractivity contribution < 1.29 is 18.0 Å². The first-order chi connectivity index (χ1) is 16.4. The summed E-state index contributed by atoms with van der Waals surface area (Å²) in [5.41, 5.74) is 0.474. The van der Waals surface area contributed by atoms with Crippen LogP contribution in [0.1, 0.15) is 35.6 Å². The molecule has 0 radical (unpaired) electrons. The summed E-state index contributed by atoms with van der Waals surface area (Å²) in [6.07, 6.45) is -3.43. The molecule has 0 aromatic heterocycles. The Morgan fingerprint density at radius 3 is 2.37 bits per heavy atom. The molecule has 1 unspecified atom stereocenters. The SMILES string of the molecule is C=CN(CC)CCN(C)C(=C)c1ccc(C2=NOC(c3cc(Cl)cc(Cl)c3)(C(F)(F)F)C2)cc1C. The van der Waals surface area contributed by atoms with Gasteiger partial charge in [-0.1, -0.05) is 53.6 Å². The zero-order valence-corrected chi connectivity index (χ0v) is 21.4. The van der Waals surface area contributed by atoms with Gasteiger partial charge in [0.2, 0.25) is 0 Å². The maximum atomic E-state index is 14.3. The Hall–Kier alpha value is -2.64. The van der Waals surface area contributed by atoms with E-state index in [9.17, 15) is 13.2 Å². The largest absolute Gasteiger partial charge is 0.435 e. The summed E-state index contributed by atoms with van der Waals surface area (Å²) in [6.45, 7) is 14.4. The van der Waals surface area contributed by atoms with Crippen molar-refractivity contribution in [2.24, 2.45) is 5.16 Å². The van der Waals surface area contributed by atoms with Gasteiger partial charge in [-0.05, 0) is 55.4 Å². The van der Waals surface area contributed by atoms with Gasteiger partial charge in [0.05, 0.1) is 5.71 Å². The second kappa shape index (κ2) is 10.5. The Morgan fingerprint density at radius 1 is 1.17 bits per heavy atom. The van der Waals surface area contributed by atoms with Crippen molar-refractivity contribution in [1.82, 2.24) is 9.80 Å². The first-order valence-corrected chi connectivity index (χ1v) is 11.8. The monoisotopic (exact) mass is 525 g/mol.